The Morgan fingerprint density at radius 1 is 1.40 bits per heavy atom. The Hall–Kier alpha value is -0.180. The standard InChI is InChI=1S/C10H21O4P/c1-9(2)6-5-7-10(11)8-14-15(4,12)13-3/h9H,5-8H2,1-4H3. The van der Waals surface area contributed by atoms with Crippen molar-refractivity contribution in [2.75, 3.05) is 20.4 Å². The van der Waals surface area contributed by atoms with Gasteiger partial charge in [-0.05, 0) is 12.3 Å². The summed E-state index contributed by atoms with van der Waals surface area (Å²) >= 11 is 0. The van der Waals surface area contributed by atoms with E-state index in [1.165, 1.54) is 13.8 Å². The van der Waals surface area contributed by atoms with Gasteiger partial charge in [-0.25, -0.2) is 0 Å². The van der Waals surface area contributed by atoms with Gasteiger partial charge in [0.1, 0.15) is 6.61 Å². The van der Waals surface area contributed by atoms with Crippen LogP contribution in [0, 0.1) is 5.92 Å². The maximum Gasteiger partial charge on any atom is 0.327 e. The van der Waals surface area contributed by atoms with E-state index >= 15 is 0 Å². The quantitative estimate of drug-likeness (QED) is 0.608. The first-order valence-corrected chi connectivity index (χ1v) is 7.16. The summed E-state index contributed by atoms with van der Waals surface area (Å²) in [6.07, 6.45) is 2.38. The predicted octanol–water partition coefficient (Wildman–Crippen LogP) is 2.87. The van der Waals surface area contributed by atoms with Gasteiger partial charge in [-0.3, -0.25) is 9.36 Å². The number of hydrogen-bond donors (Lipinski definition) is 0. The summed E-state index contributed by atoms with van der Waals surface area (Å²) in [5.41, 5.74) is 0. The molecule has 0 fully saturated rings. The number of ketones is 1. The Morgan fingerprint density at radius 3 is 2.47 bits per heavy atom. The molecule has 0 spiro atoms. The zero-order valence-electron chi connectivity index (χ0n) is 9.99. The summed E-state index contributed by atoms with van der Waals surface area (Å²) in [5.74, 6) is 0.588. The molecule has 1 atom stereocenters. The molecular weight excluding hydrogens is 215 g/mol. The highest BCUT2D eigenvalue weighted by Crippen LogP contribution is 2.42. The van der Waals surface area contributed by atoms with E-state index in [2.05, 4.69) is 18.4 Å². The number of rotatable bonds is 8. The molecule has 0 aromatic heterocycles. The van der Waals surface area contributed by atoms with E-state index < -0.39 is 7.60 Å². The molecule has 0 aromatic rings. The van der Waals surface area contributed by atoms with Gasteiger partial charge >= 0.3 is 7.60 Å². The van der Waals surface area contributed by atoms with E-state index in [1.54, 1.807) is 0 Å². The summed E-state index contributed by atoms with van der Waals surface area (Å²) in [7, 11) is -1.69. The van der Waals surface area contributed by atoms with Gasteiger partial charge in [-0.15, -0.1) is 0 Å². The average Bonchev–Trinajstić information content (AvgIpc) is 2.14. The molecule has 90 valence electrons. The third kappa shape index (κ3) is 8.79. The molecule has 0 aliphatic rings. The van der Waals surface area contributed by atoms with Crippen LogP contribution in [0.3, 0.4) is 0 Å². The Labute approximate surface area is 91.9 Å². The highest BCUT2D eigenvalue weighted by atomic mass is 31.2. The normalized spacial score (nSPS) is 15.3. The number of carbonyl (C=O) groups excluding carboxylic acids is 1. The lowest BCUT2D eigenvalue weighted by Crippen LogP contribution is -2.08. The topological polar surface area (TPSA) is 52.6 Å². The minimum atomic E-state index is -3.00. The molecule has 5 heteroatoms. The molecule has 0 saturated heterocycles. The summed E-state index contributed by atoms with van der Waals surface area (Å²) in [4.78, 5) is 11.3. The molecule has 0 N–H and O–H groups in total. The molecule has 0 amide bonds. The molecule has 15 heavy (non-hydrogen) atoms. The first kappa shape index (κ1) is 14.8. The highest BCUT2D eigenvalue weighted by Gasteiger charge is 2.16. The van der Waals surface area contributed by atoms with Crippen LogP contribution in [0.1, 0.15) is 33.1 Å². The van der Waals surface area contributed by atoms with E-state index in [0.29, 0.717) is 12.3 Å². The van der Waals surface area contributed by atoms with E-state index in [9.17, 15) is 9.36 Å². The number of Topliss-reactive ketones (excluding diaryl/α,β-unsaturated/α-hetero) is 1. The van der Waals surface area contributed by atoms with Crippen LogP contribution >= 0.6 is 7.60 Å². The molecule has 0 saturated carbocycles. The first-order valence-electron chi connectivity index (χ1n) is 5.17. The Bertz CT molecular complexity index is 238. The first-order chi connectivity index (χ1) is 6.87. The van der Waals surface area contributed by atoms with Gasteiger partial charge in [-0.1, -0.05) is 20.3 Å². The molecule has 0 rings (SSSR count). The minimum absolute atomic E-state index is 0.0187. The lowest BCUT2D eigenvalue weighted by atomic mass is 10.1. The van der Waals surface area contributed by atoms with Crippen LogP contribution in [0.2, 0.25) is 0 Å². The molecule has 1 unspecified atom stereocenters. The zero-order chi connectivity index (χ0) is 11.9. The van der Waals surface area contributed by atoms with E-state index in [4.69, 9.17) is 4.52 Å². The fraction of sp³-hybridized carbons (Fsp3) is 0.900. The van der Waals surface area contributed by atoms with Crippen molar-refractivity contribution >= 4 is 13.4 Å². The SMILES string of the molecule is COP(C)(=O)OCC(=O)CCCC(C)C. The van der Waals surface area contributed by atoms with Crippen LogP contribution in [0.5, 0.6) is 0 Å². The third-order valence-electron chi connectivity index (χ3n) is 2.03. The molecule has 0 radical (unpaired) electrons. The van der Waals surface area contributed by atoms with Crippen LogP contribution in [-0.4, -0.2) is 26.2 Å². The molecule has 4 nitrogen and oxygen atoms in total. The van der Waals surface area contributed by atoms with Crippen molar-refractivity contribution in [2.45, 2.75) is 33.1 Å². The van der Waals surface area contributed by atoms with Gasteiger partial charge in [0.05, 0.1) is 0 Å². The maximum absolute atomic E-state index is 11.3. The average molecular weight is 236 g/mol. The molecule has 0 bridgehead atoms. The van der Waals surface area contributed by atoms with Crippen molar-refractivity contribution in [3.63, 3.8) is 0 Å². The van der Waals surface area contributed by atoms with Crippen LogP contribution < -0.4 is 0 Å². The zero-order valence-corrected chi connectivity index (χ0v) is 10.9. The maximum atomic E-state index is 11.3. The van der Waals surface area contributed by atoms with E-state index in [0.717, 1.165) is 12.8 Å². The van der Waals surface area contributed by atoms with Gasteiger partial charge in [0, 0.05) is 20.2 Å². The van der Waals surface area contributed by atoms with E-state index in [1.807, 2.05) is 0 Å². The second-order valence-electron chi connectivity index (χ2n) is 4.05. The lowest BCUT2D eigenvalue weighted by Gasteiger charge is -2.10. The van der Waals surface area contributed by atoms with Gasteiger partial charge in [0.15, 0.2) is 5.78 Å². The smallest absolute Gasteiger partial charge is 0.312 e. The van der Waals surface area contributed by atoms with Crippen molar-refractivity contribution < 1.29 is 18.4 Å². The van der Waals surface area contributed by atoms with Gasteiger partial charge in [0.2, 0.25) is 0 Å². The summed E-state index contributed by atoms with van der Waals surface area (Å²) in [5, 5.41) is 0. The summed E-state index contributed by atoms with van der Waals surface area (Å²) in [6.45, 7) is 5.48. The molecule has 0 aliphatic carbocycles. The second-order valence-corrected chi connectivity index (χ2v) is 6.22. The molecule has 0 aromatic carbocycles. The Morgan fingerprint density at radius 2 is 2.00 bits per heavy atom. The highest BCUT2D eigenvalue weighted by molar-refractivity contribution is 7.52. The van der Waals surface area contributed by atoms with Crippen LogP contribution in [0.25, 0.3) is 0 Å². The lowest BCUT2D eigenvalue weighted by molar-refractivity contribution is -0.121. The van der Waals surface area contributed by atoms with Crippen molar-refractivity contribution in [1.82, 2.24) is 0 Å². The number of hydrogen-bond acceptors (Lipinski definition) is 4. The monoisotopic (exact) mass is 236 g/mol. The van der Waals surface area contributed by atoms with Crippen molar-refractivity contribution in [3.8, 4) is 0 Å². The van der Waals surface area contributed by atoms with Gasteiger partial charge < -0.3 is 9.05 Å². The predicted molar refractivity (Wildman–Crippen MR) is 60.2 cm³/mol. The molecule has 0 heterocycles. The Balaban J connectivity index is 3.63. The van der Waals surface area contributed by atoms with Crippen molar-refractivity contribution in [3.05, 3.63) is 0 Å². The summed E-state index contributed by atoms with van der Waals surface area (Å²) in [6, 6.07) is 0. The van der Waals surface area contributed by atoms with Gasteiger partial charge in [0.25, 0.3) is 0 Å². The number of carbonyl (C=O) groups is 1. The second kappa shape index (κ2) is 7.15. The van der Waals surface area contributed by atoms with Crippen molar-refractivity contribution in [2.24, 2.45) is 5.92 Å². The minimum Gasteiger partial charge on any atom is -0.312 e. The van der Waals surface area contributed by atoms with Gasteiger partial charge in [-0.2, -0.15) is 0 Å². The third-order valence-corrected chi connectivity index (χ3v) is 3.29. The van der Waals surface area contributed by atoms with Crippen molar-refractivity contribution in [1.29, 1.82) is 0 Å². The fourth-order valence-corrected chi connectivity index (χ4v) is 1.51. The van der Waals surface area contributed by atoms with E-state index in [-0.39, 0.29) is 12.4 Å². The van der Waals surface area contributed by atoms with Crippen LogP contribution in [0.4, 0.5) is 0 Å². The molecular formula is C10H21O4P. The largest absolute Gasteiger partial charge is 0.327 e. The molecule has 0 aliphatic heterocycles. The van der Waals surface area contributed by atoms with Crippen LogP contribution in [0.15, 0.2) is 0 Å². The van der Waals surface area contributed by atoms with Crippen LogP contribution in [-0.2, 0) is 18.4 Å². The summed E-state index contributed by atoms with van der Waals surface area (Å²) < 4.78 is 20.8. The fourth-order valence-electron chi connectivity index (χ4n) is 1.02. The Kier molecular flexibility index (Phi) is 7.07.